The molecule has 38 heavy (non-hydrogen) atoms. The number of thioether (sulfide) groups is 1. The number of carboxylic acids is 1. The lowest BCUT2D eigenvalue weighted by Gasteiger charge is -2.21. The summed E-state index contributed by atoms with van der Waals surface area (Å²) in [6.07, 6.45) is -4.88. The highest BCUT2D eigenvalue weighted by atomic mass is 32.2. The third-order valence-corrected chi connectivity index (χ3v) is 7.23. The van der Waals surface area contributed by atoms with E-state index in [0.29, 0.717) is 11.3 Å². The number of carboxylic acid groups (broad SMARTS) is 1. The summed E-state index contributed by atoms with van der Waals surface area (Å²) in [5.74, 6) is -1.61. The van der Waals surface area contributed by atoms with Crippen LogP contribution < -0.4 is 4.74 Å². The Morgan fingerprint density at radius 1 is 0.921 bits per heavy atom. The maximum absolute atomic E-state index is 14.8. The van der Waals surface area contributed by atoms with Gasteiger partial charge in [-0.25, -0.2) is 9.18 Å². The third kappa shape index (κ3) is 6.75. The van der Waals surface area contributed by atoms with Crippen LogP contribution in [0.15, 0.2) is 95.9 Å². The fourth-order valence-electron chi connectivity index (χ4n) is 4.13. The topological polar surface area (TPSA) is 46.5 Å². The second-order valence-corrected chi connectivity index (χ2v) is 9.95. The minimum Gasteiger partial charge on any atom is -0.482 e. The highest BCUT2D eigenvalue weighted by molar-refractivity contribution is 7.99. The van der Waals surface area contributed by atoms with Crippen molar-refractivity contribution in [2.45, 2.75) is 29.7 Å². The molecule has 0 radical (unpaired) electrons. The quantitative estimate of drug-likeness (QED) is 0.171. The van der Waals surface area contributed by atoms with Gasteiger partial charge in [0.25, 0.3) is 0 Å². The van der Waals surface area contributed by atoms with Gasteiger partial charge in [0, 0.05) is 15.7 Å². The number of alkyl halides is 3. The molecular formula is C30H24F4O3S. The summed E-state index contributed by atoms with van der Waals surface area (Å²) in [6, 6.07) is 25.3. The molecule has 0 aliphatic carbocycles. The number of carbonyl (C=O) groups is 1. The molecule has 4 rings (SSSR count). The molecule has 0 saturated carbocycles. The molecule has 4 aromatic carbocycles. The van der Waals surface area contributed by atoms with E-state index in [2.05, 4.69) is 0 Å². The van der Waals surface area contributed by atoms with Crippen LogP contribution in [0.4, 0.5) is 17.6 Å². The third-order valence-electron chi connectivity index (χ3n) is 5.98. The van der Waals surface area contributed by atoms with Gasteiger partial charge < -0.3 is 9.84 Å². The van der Waals surface area contributed by atoms with Crippen LogP contribution in [0.25, 0.3) is 11.1 Å². The van der Waals surface area contributed by atoms with Gasteiger partial charge in [-0.1, -0.05) is 60.7 Å². The Labute approximate surface area is 222 Å². The number of hydrogen-bond acceptors (Lipinski definition) is 3. The first-order valence-electron chi connectivity index (χ1n) is 11.7. The van der Waals surface area contributed by atoms with Crippen molar-refractivity contribution < 1.29 is 32.2 Å². The zero-order valence-electron chi connectivity index (χ0n) is 20.3. The summed E-state index contributed by atoms with van der Waals surface area (Å²) in [7, 11) is 0. The van der Waals surface area contributed by atoms with Crippen molar-refractivity contribution >= 4 is 17.7 Å². The highest BCUT2D eigenvalue weighted by Crippen LogP contribution is 2.42. The number of benzene rings is 4. The molecule has 0 amide bonds. The van der Waals surface area contributed by atoms with Crippen molar-refractivity contribution in [1.82, 2.24) is 0 Å². The largest absolute Gasteiger partial charge is 0.482 e. The minimum absolute atomic E-state index is 0.187. The Kier molecular flexibility index (Phi) is 8.42. The van der Waals surface area contributed by atoms with Gasteiger partial charge in [-0.2, -0.15) is 13.2 Å². The van der Waals surface area contributed by atoms with Crippen molar-refractivity contribution in [3.8, 4) is 16.9 Å². The van der Waals surface area contributed by atoms with Gasteiger partial charge in [-0.3, -0.25) is 0 Å². The van der Waals surface area contributed by atoms with Crippen LogP contribution in [0.1, 0.15) is 27.5 Å². The molecule has 0 aromatic heterocycles. The normalized spacial score (nSPS) is 12.2. The van der Waals surface area contributed by atoms with Crippen LogP contribution in [-0.4, -0.2) is 17.7 Å². The summed E-state index contributed by atoms with van der Waals surface area (Å²) < 4.78 is 61.3. The highest BCUT2D eigenvalue weighted by Gasteiger charge is 2.35. The second-order valence-electron chi connectivity index (χ2n) is 8.67. The lowest BCUT2D eigenvalue weighted by molar-refractivity contribution is -0.139. The zero-order chi connectivity index (χ0) is 27.3. The van der Waals surface area contributed by atoms with Crippen LogP contribution >= 0.6 is 11.8 Å². The molecule has 0 fully saturated rings. The van der Waals surface area contributed by atoms with Crippen LogP contribution in [0.5, 0.6) is 5.75 Å². The Morgan fingerprint density at radius 2 is 1.61 bits per heavy atom. The summed E-state index contributed by atoms with van der Waals surface area (Å²) >= 11 is 1.31. The maximum atomic E-state index is 14.8. The molecule has 0 aliphatic rings. The zero-order valence-corrected chi connectivity index (χ0v) is 21.2. The smallest absolute Gasteiger partial charge is 0.416 e. The van der Waals surface area contributed by atoms with E-state index in [4.69, 9.17) is 9.84 Å². The molecule has 196 valence electrons. The van der Waals surface area contributed by atoms with E-state index in [9.17, 15) is 22.4 Å². The van der Waals surface area contributed by atoms with Crippen LogP contribution in [-0.2, 0) is 17.4 Å². The average molecular weight is 541 g/mol. The number of aliphatic carboxylic acids is 1. The number of rotatable bonds is 9. The average Bonchev–Trinajstić information content (AvgIpc) is 2.89. The molecule has 0 aliphatic heterocycles. The van der Waals surface area contributed by atoms with Gasteiger partial charge in [-0.15, -0.1) is 11.8 Å². The molecule has 0 bridgehead atoms. The van der Waals surface area contributed by atoms with E-state index in [-0.39, 0.29) is 12.0 Å². The number of ether oxygens (including phenoxy) is 1. The van der Waals surface area contributed by atoms with Gasteiger partial charge in [0.05, 0.1) is 5.56 Å². The molecule has 1 unspecified atom stereocenters. The molecule has 8 heteroatoms. The van der Waals surface area contributed by atoms with Gasteiger partial charge in [0.2, 0.25) is 0 Å². The fourth-order valence-corrected chi connectivity index (χ4v) is 5.39. The molecule has 0 heterocycles. The number of aryl methyl sites for hydroxylation is 1. The molecule has 1 atom stereocenters. The number of halogens is 4. The Morgan fingerprint density at radius 3 is 2.24 bits per heavy atom. The van der Waals surface area contributed by atoms with Crippen LogP contribution in [0.3, 0.4) is 0 Å². The van der Waals surface area contributed by atoms with E-state index in [1.54, 1.807) is 25.1 Å². The minimum atomic E-state index is -4.69. The molecular weight excluding hydrogens is 516 g/mol. The van der Waals surface area contributed by atoms with E-state index in [1.807, 2.05) is 54.6 Å². The Balaban J connectivity index is 1.69. The summed E-state index contributed by atoms with van der Waals surface area (Å²) in [6.45, 7) is 1.26. The van der Waals surface area contributed by atoms with E-state index in [1.165, 1.54) is 11.8 Å². The number of hydrogen-bond donors (Lipinski definition) is 1. The SMILES string of the molecule is Cc1cc(SC(Cc2c(F)cccc2C(F)(F)F)c2ccc(-c3ccccc3)cc2)ccc1OCC(=O)O. The first-order valence-corrected chi connectivity index (χ1v) is 12.6. The van der Waals surface area contributed by atoms with Gasteiger partial charge in [-0.05, 0) is 65.9 Å². The molecule has 0 spiro atoms. The van der Waals surface area contributed by atoms with E-state index >= 15 is 0 Å². The second kappa shape index (κ2) is 11.7. The Hall–Kier alpha value is -3.78. The summed E-state index contributed by atoms with van der Waals surface area (Å²) in [5.41, 5.74) is 2.01. The molecule has 4 aromatic rings. The van der Waals surface area contributed by atoms with Gasteiger partial charge >= 0.3 is 12.1 Å². The van der Waals surface area contributed by atoms with Crippen molar-refractivity contribution in [2.75, 3.05) is 6.61 Å². The maximum Gasteiger partial charge on any atom is 0.416 e. The monoisotopic (exact) mass is 540 g/mol. The van der Waals surface area contributed by atoms with Crippen molar-refractivity contribution in [3.63, 3.8) is 0 Å². The van der Waals surface area contributed by atoms with E-state index < -0.39 is 35.4 Å². The van der Waals surface area contributed by atoms with Crippen LogP contribution in [0, 0.1) is 12.7 Å². The van der Waals surface area contributed by atoms with Gasteiger partial charge in [0.15, 0.2) is 6.61 Å². The Bertz CT molecular complexity index is 1400. The molecule has 0 saturated heterocycles. The van der Waals surface area contributed by atoms with Crippen molar-refractivity contribution in [1.29, 1.82) is 0 Å². The lowest BCUT2D eigenvalue weighted by atomic mass is 9.97. The summed E-state index contributed by atoms with van der Waals surface area (Å²) in [5, 5.41) is 8.32. The standard InChI is InChI=1S/C30H24F4O3S/c1-19-16-23(14-15-27(19)37-18-29(35)36)38-28(17-24-25(30(32,33)34)8-5-9-26(24)31)22-12-10-21(11-13-22)20-6-3-2-4-7-20/h2-16,28H,17-18H2,1H3,(H,35,36). The predicted molar refractivity (Wildman–Crippen MR) is 140 cm³/mol. The van der Waals surface area contributed by atoms with Crippen molar-refractivity contribution in [2.24, 2.45) is 0 Å². The van der Waals surface area contributed by atoms with Crippen molar-refractivity contribution in [3.05, 3.63) is 119 Å². The molecule has 1 N–H and O–H groups in total. The first-order chi connectivity index (χ1) is 18.1. The predicted octanol–water partition coefficient (Wildman–Crippen LogP) is 8.36. The van der Waals surface area contributed by atoms with Crippen LogP contribution in [0.2, 0.25) is 0 Å². The fraction of sp³-hybridized carbons (Fsp3) is 0.167. The van der Waals surface area contributed by atoms with Gasteiger partial charge in [0.1, 0.15) is 11.6 Å². The first kappa shape index (κ1) is 27.3. The molecule has 3 nitrogen and oxygen atoms in total. The van der Waals surface area contributed by atoms with E-state index in [0.717, 1.165) is 39.8 Å². The lowest BCUT2D eigenvalue weighted by Crippen LogP contribution is -2.13. The summed E-state index contributed by atoms with van der Waals surface area (Å²) in [4.78, 5) is 11.6.